The molecule has 0 aliphatic carbocycles. The summed E-state index contributed by atoms with van der Waals surface area (Å²) in [6, 6.07) is 5.26. The smallest absolute Gasteiger partial charge is 0.258 e. The van der Waals surface area contributed by atoms with E-state index in [4.69, 9.17) is 0 Å². The van der Waals surface area contributed by atoms with E-state index in [-0.39, 0.29) is 10.6 Å². The molecule has 0 radical (unpaired) electrons. The lowest BCUT2D eigenvalue weighted by Crippen LogP contribution is -1.91. The summed E-state index contributed by atoms with van der Waals surface area (Å²) in [5.41, 5.74) is 1.33. The molecule has 4 heteroatoms. The van der Waals surface area contributed by atoms with E-state index in [1.165, 1.54) is 11.8 Å². The first-order valence-corrected chi connectivity index (χ1v) is 5.22. The van der Waals surface area contributed by atoms with Crippen LogP contribution in [-0.4, -0.2) is 11.2 Å². The number of rotatable bonds is 3. The molecule has 70 valence electrons. The van der Waals surface area contributed by atoms with Crippen molar-refractivity contribution in [1.29, 1.82) is 0 Å². The molecule has 0 unspecified atom stereocenters. The van der Waals surface area contributed by atoms with Gasteiger partial charge in [-0.25, -0.2) is 0 Å². The molecule has 0 saturated carbocycles. The maximum Gasteiger partial charge on any atom is 0.282 e. The highest BCUT2D eigenvalue weighted by molar-refractivity contribution is 7.98. The standard InChI is InChI=1S/C9H11NO2S/c1-3-7-4-5-8(10(11)12)9(6-7)13-2/h4-6H,3H2,1-2H3. The minimum absolute atomic E-state index is 0.199. The van der Waals surface area contributed by atoms with Crippen LogP contribution in [0.1, 0.15) is 12.5 Å². The number of thioether (sulfide) groups is 1. The molecular weight excluding hydrogens is 186 g/mol. The fourth-order valence-electron chi connectivity index (χ4n) is 1.09. The predicted molar refractivity (Wildman–Crippen MR) is 54.3 cm³/mol. The number of nitro benzene ring substituents is 1. The molecule has 13 heavy (non-hydrogen) atoms. The maximum atomic E-state index is 10.6. The second-order valence-corrected chi connectivity index (χ2v) is 3.46. The number of aryl methyl sites for hydroxylation is 1. The summed E-state index contributed by atoms with van der Waals surface area (Å²) in [5, 5.41) is 10.6. The van der Waals surface area contributed by atoms with Crippen LogP contribution >= 0.6 is 11.8 Å². The predicted octanol–water partition coefficient (Wildman–Crippen LogP) is 2.88. The fourth-order valence-corrected chi connectivity index (χ4v) is 1.71. The number of nitro groups is 1. The summed E-state index contributed by atoms with van der Waals surface area (Å²) >= 11 is 1.41. The molecule has 0 amide bonds. The molecule has 1 aromatic carbocycles. The third kappa shape index (κ3) is 2.21. The van der Waals surface area contributed by atoms with E-state index in [0.29, 0.717) is 0 Å². The van der Waals surface area contributed by atoms with Gasteiger partial charge in [-0.1, -0.05) is 13.0 Å². The van der Waals surface area contributed by atoms with Gasteiger partial charge in [0.2, 0.25) is 0 Å². The molecular formula is C9H11NO2S. The van der Waals surface area contributed by atoms with Gasteiger partial charge in [-0.2, -0.15) is 0 Å². The normalized spacial score (nSPS) is 10.0. The minimum atomic E-state index is -0.342. The van der Waals surface area contributed by atoms with Crippen LogP contribution in [-0.2, 0) is 6.42 Å². The van der Waals surface area contributed by atoms with E-state index in [0.717, 1.165) is 16.9 Å². The van der Waals surface area contributed by atoms with Crippen molar-refractivity contribution in [2.24, 2.45) is 0 Å². The van der Waals surface area contributed by atoms with Gasteiger partial charge in [-0.05, 0) is 24.3 Å². The number of hydrogen-bond donors (Lipinski definition) is 0. The number of benzene rings is 1. The Hall–Kier alpha value is -1.03. The van der Waals surface area contributed by atoms with Crippen LogP contribution < -0.4 is 0 Å². The zero-order chi connectivity index (χ0) is 9.84. The number of nitrogens with zero attached hydrogens (tertiary/aromatic N) is 1. The summed E-state index contributed by atoms with van der Waals surface area (Å²) in [4.78, 5) is 11.0. The summed E-state index contributed by atoms with van der Waals surface area (Å²) in [5.74, 6) is 0. The van der Waals surface area contributed by atoms with Gasteiger partial charge in [0, 0.05) is 6.07 Å². The Bertz CT molecular complexity index is 325. The summed E-state index contributed by atoms with van der Waals surface area (Å²) in [6.07, 6.45) is 2.76. The Morgan fingerprint density at radius 1 is 1.54 bits per heavy atom. The van der Waals surface area contributed by atoms with Crippen molar-refractivity contribution in [2.75, 3.05) is 6.26 Å². The Kier molecular flexibility index (Phi) is 3.31. The minimum Gasteiger partial charge on any atom is -0.258 e. The Morgan fingerprint density at radius 2 is 2.23 bits per heavy atom. The molecule has 0 fully saturated rings. The molecule has 0 aromatic heterocycles. The zero-order valence-electron chi connectivity index (χ0n) is 7.61. The lowest BCUT2D eigenvalue weighted by atomic mass is 10.1. The van der Waals surface area contributed by atoms with Crippen LogP contribution in [0.15, 0.2) is 23.1 Å². The van der Waals surface area contributed by atoms with Crippen LogP contribution in [0.4, 0.5) is 5.69 Å². The van der Waals surface area contributed by atoms with Gasteiger partial charge in [0.15, 0.2) is 0 Å². The van der Waals surface area contributed by atoms with Crippen LogP contribution in [0, 0.1) is 10.1 Å². The molecule has 0 heterocycles. The molecule has 1 aromatic rings. The van der Waals surface area contributed by atoms with Gasteiger partial charge in [0.25, 0.3) is 5.69 Å². The van der Waals surface area contributed by atoms with Crippen LogP contribution in [0.2, 0.25) is 0 Å². The number of hydrogen-bond acceptors (Lipinski definition) is 3. The van der Waals surface area contributed by atoms with Crippen molar-refractivity contribution < 1.29 is 4.92 Å². The van der Waals surface area contributed by atoms with E-state index in [9.17, 15) is 10.1 Å². The van der Waals surface area contributed by atoms with E-state index < -0.39 is 0 Å². The van der Waals surface area contributed by atoms with Gasteiger partial charge in [0.05, 0.1) is 9.82 Å². The monoisotopic (exact) mass is 197 g/mol. The van der Waals surface area contributed by atoms with Crippen molar-refractivity contribution in [3.05, 3.63) is 33.9 Å². The van der Waals surface area contributed by atoms with Crippen molar-refractivity contribution in [3.63, 3.8) is 0 Å². The highest BCUT2D eigenvalue weighted by Crippen LogP contribution is 2.28. The third-order valence-corrected chi connectivity index (χ3v) is 2.62. The van der Waals surface area contributed by atoms with E-state index >= 15 is 0 Å². The lowest BCUT2D eigenvalue weighted by Gasteiger charge is -2.01. The molecule has 0 bridgehead atoms. The average molecular weight is 197 g/mol. The third-order valence-electron chi connectivity index (χ3n) is 1.85. The van der Waals surface area contributed by atoms with Crippen molar-refractivity contribution in [2.45, 2.75) is 18.2 Å². The Balaban J connectivity index is 3.15. The van der Waals surface area contributed by atoms with Gasteiger partial charge < -0.3 is 0 Å². The van der Waals surface area contributed by atoms with E-state index in [1.54, 1.807) is 12.1 Å². The van der Waals surface area contributed by atoms with Crippen LogP contribution in [0.25, 0.3) is 0 Å². The first kappa shape index (κ1) is 10.1. The lowest BCUT2D eigenvalue weighted by molar-refractivity contribution is -0.387. The summed E-state index contributed by atoms with van der Waals surface area (Å²) < 4.78 is 0. The average Bonchev–Trinajstić information content (AvgIpc) is 2.16. The molecule has 0 atom stereocenters. The highest BCUT2D eigenvalue weighted by Gasteiger charge is 2.12. The second-order valence-electron chi connectivity index (χ2n) is 2.62. The SMILES string of the molecule is CCc1ccc([N+](=O)[O-])c(SC)c1. The maximum absolute atomic E-state index is 10.6. The quantitative estimate of drug-likeness (QED) is 0.425. The van der Waals surface area contributed by atoms with Crippen LogP contribution in [0.3, 0.4) is 0 Å². The fraction of sp³-hybridized carbons (Fsp3) is 0.333. The molecule has 1 rings (SSSR count). The first-order valence-electron chi connectivity index (χ1n) is 4.00. The topological polar surface area (TPSA) is 43.1 Å². The van der Waals surface area contributed by atoms with Gasteiger partial charge in [-0.3, -0.25) is 10.1 Å². The molecule has 3 nitrogen and oxygen atoms in total. The molecule has 0 aliphatic rings. The second kappa shape index (κ2) is 4.28. The molecule has 0 N–H and O–H groups in total. The van der Waals surface area contributed by atoms with Crippen LogP contribution in [0.5, 0.6) is 0 Å². The van der Waals surface area contributed by atoms with Crippen molar-refractivity contribution in [1.82, 2.24) is 0 Å². The Morgan fingerprint density at radius 3 is 2.69 bits per heavy atom. The summed E-state index contributed by atoms with van der Waals surface area (Å²) in [6.45, 7) is 2.03. The van der Waals surface area contributed by atoms with Gasteiger partial charge in [-0.15, -0.1) is 11.8 Å². The van der Waals surface area contributed by atoms with Gasteiger partial charge in [0.1, 0.15) is 0 Å². The zero-order valence-corrected chi connectivity index (χ0v) is 8.43. The highest BCUT2D eigenvalue weighted by atomic mass is 32.2. The van der Waals surface area contributed by atoms with Gasteiger partial charge >= 0.3 is 0 Å². The molecule has 0 aliphatic heterocycles. The van der Waals surface area contributed by atoms with E-state index in [2.05, 4.69) is 0 Å². The first-order chi connectivity index (χ1) is 6.19. The van der Waals surface area contributed by atoms with Crippen molar-refractivity contribution in [3.8, 4) is 0 Å². The Labute approximate surface area is 81.3 Å². The molecule has 0 spiro atoms. The largest absolute Gasteiger partial charge is 0.282 e. The summed E-state index contributed by atoms with van der Waals surface area (Å²) in [7, 11) is 0. The van der Waals surface area contributed by atoms with Crippen molar-refractivity contribution >= 4 is 17.4 Å². The molecule has 0 saturated heterocycles. The van der Waals surface area contributed by atoms with E-state index in [1.807, 2.05) is 19.2 Å².